The van der Waals surface area contributed by atoms with Crippen molar-refractivity contribution in [3.05, 3.63) is 71.0 Å². The molecule has 2 aromatic carbocycles. The second kappa shape index (κ2) is 7.99. The summed E-state index contributed by atoms with van der Waals surface area (Å²) in [4.78, 5) is 11.9. The van der Waals surface area contributed by atoms with Gasteiger partial charge < -0.3 is 5.32 Å². The topological polar surface area (TPSA) is 29.1 Å². The number of halogens is 1. The number of nitrogens with one attached hydrogen (secondary N) is 1. The molecule has 0 fully saturated rings. The number of hydrogen-bond donors (Lipinski definition) is 1. The predicted octanol–water partition coefficient (Wildman–Crippen LogP) is 4.24. The second-order valence-electron chi connectivity index (χ2n) is 5.32. The van der Waals surface area contributed by atoms with Crippen LogP contribution in [0, 0.1) is 12.7 Å². The fraction of sp³-hybridized carbons (Fsp3) is 0.278. The molecule has 0 heterocycles. The standard InChI is InChI=1S/C18H20FNOS/c1-13-3-7-16(8-4-13)14(2)20-18(21)12-22-11-15-5-9-17(19)10-6-15/h3-10,14H,11-12H2,1-2H3,(H,20,21)/t14-/m0/s1. The highest BCUT2D eigenvalue weighted by Gasteiger charge is 2.09. The lowest BCUT2D eigenvalue weighted by atomic mass is 10.1. The molecule has 0 bridgehead atoms. The van der Waals surface area contributed by atoms with Gasteiger partial charge in [0.25, 0.3) is 0 Å². The summed E-state index contributed by atoms with van der Waals surface area (Å²) < 4.78 is 12.8. The van der Waals surface area contributed by atoms with Gasteiger partial charge in [-0.25, -0.2) is 4.39 Å². The molecule has 0 aliphatic rings. The number of hydrogen-bond acceptors (Lipinski definition) is 2. The summed E-state index contributed by atoms with van der Waals surface area (Å²) in [6, 6.07) is 14.5. The van der Waals surface area contributed by atoms with E-state index in [0.717, 1.165) is 11.1 Å². The highest BCUT2D eigenvalue weighted by molar-refractivity contribution is 7.99. The summed E-state index contributed by atoms with van der Waals surface area (Å²) >= 11 is 1.53. The van der Waals surface area contributed by atoms with Gasteiger partial charge in [-0.2, -0.15) is 0 Å². The van der Waals surface area contributed by atoms with E-state index in [-0.39, 0.29) is 17.8 Å². The van der Waals surface area contributed by atoms with Crippen molar-refractivity contribution in [2.45, 2.75) is 25.6 Å². The lowest BCUT2D eigenvalue weighted by molar-refractivity contribution is -0.119. The Balaban J connectivity index is 1.75. The molecule has 2 aromatic rings. The zero-order valence-corrected chi connectivity index (χ0v) is 13.6. The molecule has 0 unspecified atom stereocenters. The Morgan fingerprint density at radius 3 is 2.41 bits per heavy atom. The summed E-state index contributed by atoms with van der Waals surface area (Å²) in [5.41, 5.74) is 3.32. The van der Waals surface area contributed by atoms with E-state index < -0.39 is 0 Å². The fourth-order valence-corrected chi connectivity index (χ4v) is 2.86. The smallest absolute Gasteiger partial charge is 0.230 e. The molecule has 0 saturated heterocycles. The van der Waals surface area contributed by atoms with Crippen LogP contribution in [0.1, 0.15) is 29.7 Å². The third-order valence-electron chi connectivity index (χ3n) is 3.37. The Hall–Kier alpha value is -1.81. The van der Waals surface area contributed by atoms with E-state index in [0.29, 0.717) is 11.5 Å². The lowest BCUT2D eigenvalue weighted by Gasteiger charge is -2.14. The van der Waals surface area contributed by atoms with Crippen LogP contribution in [0.3, 0.4) is 0 Å². The maximum absolute atomic E-state index is 12.8. The minimum Gasteiger partial charge on any atom is -0.349 e. The van der Waals surface area contributed by atoms with Gasteiger partial charge in [0, 0.05) is 5.75 Å². The molecule has 22 heavy (non-hydrogen) atoms. The van der Waals surface area contributed by atoms with Crippen molar-refractivity contribution in [3.63, 3.8) is 0 Å². The van der Waals surface area contributed by atoms with Gasteiger partial charge in [-0.05, 0) is 37.1 Å². The van der Waals surface area contributed by atoms with Gasteiger partial charge in [-0.1, -0.05) is 42.0 Å². The lowest BCUT2D eigenvalue weighted by Crippen LogP contribution is -2.28. The molecular formula is C18H20FNOS. The van der Waals surface area contributed by atoms with Gasteiger partial charge >= 0.3 is 0 Å². The number of aryl methyl sites for hydroxylation is 1. The van der Waals surface area contributed by atoms with Crippen LogP contribution >= 0.6 is 11.8 Å². The Morgan fingerprint density at radius 1 is 1.14 bits per heavy atom. The summed E-state index contributed by atoms with van der Waals surface area (Å²) in [6.45, 7) is 4.02. The van der Waals surface area contributed by atoms with Gasteiger partial charge in [0.1, 0.15) is 5.82 Å². The third-order valence-corrected chi connectivity index (χ3v) is 4.37. The first-order valence-electron chi connectivity index (χ1n) is 7.22. The predicted molar refractivity (Wildman–Crippen MR) is 90.3 cm³/mol. The van der Waals surface area contributed by atoms with E-state index in [2.05, 4.69) is 5.32 Å². The normalized spacial score (nSPS) is 12.0. The van der Waals surface area contributed by atoms with Crippen molar-refractivity contribution in [3.8, 4) is 0 Å². The van der Waals surface area contributed by atoms with Crippen molar-refractivity contribution in [1.29, 1.82) is 0 Å². The Bertz CT molecular complexity index is 610. The molecule has 0 aliphatic heterocycles. The molecule has 116 valence electrons. The number of carbonyl (C=O) groups excluding carboxylic acids is 1. The first kappa shape index (κ1) is 16.6. The molecule has 1 amide bonds. The molecule has 2 rings (SSSR count). The van der Waals surface area contributed by atoms with Gasteiger partial charge in [0.15, 0.2) is 0 Å². The maximum Gasteiger partial charge on any atom is 0.230 e. The average molecular weight is 317 g/mol. The Morgan fingerprint density at radius 2 is 1.77 bits per heavy atom. The molecule has 4 heteroatoms. The Labute approximate surface area is 135 Å². The second-order valence-corrected chi connectivity index (χ2v) is 6.30. The van der Waals surface area contributed by atoms with Crippen molar-refractivity contribution >= 4 is 17.7 Å². The molecule has 1 N–H and O–H groups in total. The van der Waals surface area contributed by atoms with Crippen molar-refractivity contribution < 1.29 is 9.18 Å². The van der Waals surface area contributed by atoms with Gasteiger partial charge in [0.05, 0.1) is 11.8 Å². The molecule has 2 nitrogen and oxygen atoms in total. The van der Waals surface area contributed by atoms with Crippen LogP contribution in [0.15, 0.2) is 48.5 Å². The molecule has 0 saturated carbocycles. The van der Waals surface area contributed by atoms with Crippen LogP contribution in [0.5, 0.6) is 0 Å². The number of benzene rings is 2. The zero-order valence-electron chi connectivity index (χ0n) is 12.8. The highest BCUT2D eigenvalue weighted by atomic mass is 32.2. The zero-order chi connectivity index (χ0) is 15.9. The molecule has 0 aliphatic carbocycles. The minimum absolute atomic E-state index is 0.000443. The minimum atomic E-state index is -0.238. The van der Waals surface area contributed by atoms with E-state index in [1.165, 1.54) is 29.5 Å². The van der Waals surface area contributed by atoms with E-state index in [1.54, 1.807) is 12.1 Å². The number of amides is 1. The third kappa shape index (κ3) is 5.19. The van der Waals surface area contributed by atoms with Crippen molar-refractivity contribution in [2.75, 3.05) is 5.75 Å². The van der Waals surface area contributed by atoms with Gasteiger partial charge in [-0.15, -0.1) is 11.8 Å². The van der Waals surface area contributed by atoms with Crippen molar-refractivity contribution in [2.24, 2.45) is 0 Å². The molecule has 0 radical (unpaired) electrons. The van der Waals surface area contributed by atoms with E-state index in [4.69, 9.17) is 0 Å². The SMILES string of the molecule is Cc1ccc([C@H](C)NC(=O)CSCc2ccc(F)cc2)cc1. The van der Waals surface area contributed by atoms with Crippen LogP contribution < -0.4 is 5.32 Å². The number of carbonyl (C=O) groups is 1. The number of thioether (sulfide) groups is 1. The monoisotopic (exact) mass is 317 g/mol. The summed E-state index contributed by atoms with van der Waals surface area (Å²) in [6.07, 6.45) is 0. The van der Waals surface area contributed by atoms with Gasteiger partial charge in [-0.3, -0.25) is 4.79 Å². The largest absolute Gasteiger partial charge is 0.349 e. The average Bonchev–Trinajstić information content (AvgIpc) is 2.50. The van der Waals surface area contributed by atoms with E-state index in [9.17, 15) is 9.18 Å². The number of rotatable bonds is 6. The van der Waals surface area contributed by atoms with Crippen LogP contribution in [-0.2, 0) is 10.5 Å². The van der Waals surface area contributed by atoms with Crippen LogP contribution in [-0.4, -0.2) is 11.7 Å². The van der Waals surface area contributed by atoms with E-state index >= 15 is 0 Å². The van der Waals surface area contributed by atoms with Crippen LogP contribution in [0.4, 0.5) is 4.39 Å². The summed E-state index contributed by atoms with van der Waals surface area (Å²) in [5, 5.41) is 2.99. The summed E-state index contributed by atoms with van der Waals surface area (Å²) in [7, 11) is 0. The first-order valence-corrected chi connectivity index (χ1v) is 8.38. The Kier molecular flexibility index (Phi) is 6.01. The maximum atomic E-state index is 12.8. The quantitative estimate of drug-likeness (QED) is 0.863. The molecule has 0 aromatic heterocycles. The summed E-state index contributed by atoms with van der Waals surface area (Å²) in [5.74, 6) is 0.874. The first-order chi connectivity index (χ1) is 10.5. The molecular weight excluding hydrogens is 297 g/mol. The van der Waals surface area contributed by atoms with Crippen LogP contribution in [0.25, 0.3) is 0 Å². The van der Waals surface area contributed by atoms with Crippen LogP contribution in [0.2, 0.25) is 0 Å². The fourth-order valence-electron chi connectivity index (χ4n) is 2.06. The highest BCUT2D eigenvalue weighted by Crippen LogP contribution is 2.15. The molecule has 1 atom stereocenters. The van der Waals surface area contributed by atoms with E-state index in [1.807, 2.05) is 38.1 Å². The molecule has 0 spiro atoms. The van der Waals surface area contributed by atoms with Crippen molar-refractivity contribution in [1.82, 2.24) is 5.32 Å². The van der Waals surface area contributed by atoms with Gasteiger partial charge in [0.2, 0.25) is 5.91 Å².